The van der Waals surface area contributed by atoms with Gasteiger partial charge in [-0.3, -0.25) is 9.78 Å². The second-order valence-corrected chi connectivity index (χ2v) is 3.66. The molecular formula is C9H10O10. The summed E-state index contributed by atoms with van der Waals surface area (Å²) in [5.74, 6) is -5.88. The van der Waals surface area contributed by atoms with E-state index >= 15 is 0 Å². The van der Waals surface area contributed by atoms with E-state index in [1.54, 1.807) is 0 Å². The highest BCUT2D eigenvalue weighted by atomic mass is 17.1. The topological polar surface area (TPSA) is 174 Å². The lowest BCUT2D eigenvalue weighted by Gasteiger charge is -2.34. The Morgan fingerprint density at radius 1 is 1.16 bits per heavy atom. The molecule has 0 amide bonds. The highest BCUT2D eigenvalue weighted by Gasteiger charge is 2.56. The molecule has 0 fully saturated rings. The van der Waals surface area contributed by atoms with E-state index in [9.17, 15) is 30.0 Å². The number of hydrogen-bond donors (Lipinski definition) is 6. The van der Waals surface area contributed by atoms with Crippen LogP contribution in [0.2, 0.25) is 0 Å². The maximum Gasteiger partial charge on any atom is 0.380 e. The molecule has 6 N–H and O–H groups in total. The fraction of sp³-hybridized carbons (Fsp3) is 0.333. The van der Waals surface area contributed by atoms with Crippen molar-refractivity contribution in [2.45, 2.75) is 18.6 Å². The Morgan fingerprint density at radius 2 is 1.68 bits per heavy atom. The van der Waals surface area contributed by atoms with Crippen molar-refractivity contribution < 1.29 is 50.3 Å². The Balaban J connectivity index is 3.53. The molecule has 0 saturated heterocycles. The number of aliphatic hydroxyl groups excluding tert-OH is 3. The van der Waals surface area contributed by atoms with Crippen LogP contribution in [0.3, 0.4) is 0 Å². The van der Waals surface area contributed by atoms with E-state index in [1.807, 2.05) is 0 Å². The van der Waals surface area contributed by atoms with Crippen molar-refractivity contribution in [3.8, 4) is 0 Å². The number of carbonyl (C=O) groups is 2. The molecule has 0 aromatic carbocycles. The predicted molar refractivity (Wildman–Crippen MR) is 53.4 cm³/mol. The van der Waals surface area contributed by atoms with Crippen LogP contribution in [-0.4, -0.2) is 54.6 Å². The lowest BCUT2D eigenvalue weighted by Crippen LogP contribution is -2.55. The van der Waals surface area contributed by atoms with E-state index in [1.165, 1.54) is 0 Å². The first kappa shape index (κ1) is 14.9. The first-order chi connectivity index (χ1) is 8.73. The largest absolute Gasteiger partial charge is 0.504 e. The summed E-state index contributed by atoms with van der Waals surface area (Å²) in [4.78, 5) is 28.9. The molecule has 0 heterocycles. The molecule has 19 heavy (non-hydrogen) atoms. The molecular weight excluding hydrogens is 268 g/mol. The zero-order chi connectivity index (χ0) is 15.0. The molecule has 2 unspecified atom stereocenters. The molecule has 1 aliphatic rings. The van der Waals surface area contributed by atoms with E-state index in [2.05, 4.69) is 9.78 Å². The van der Waals surface area contributed by atoms with Gasteiger partial charge in [0.2, 0.25) is 5.60 Å². The molecule has 0 aromatic rings. The minimum absolute atomic E-state index is 0.689. The molecule has 1 rings (SSSR count). The van der Waals surface area contributed by atoms with Crippen molar-refractivity contribution in [3.05, 3.63) is 22.7 Å². The molecule has 0 bridgehead atoms. The summed E-state index contributed by atoms with van der Waals surface area (Å²) in [5.41, 5.74) is -4.93. The number of hydrogen-bond acceptors (Lipinski definition) is 10. The second-order valence-electron chi connectivity index (χ2n) is 3.66. The quantitative estimate of drug-likeness (QED) is 0.265. The molecule has 106 valence electrons. The Bertz CT molecular complexity index is 489. The minimum atomic E-state index is -3.05. The monoisotopic (exact) mass is 278 g/mol. The average Bonchev–Trinajstić information content (AvgIpc) is 2.41. The van der Waals surface area contributed by atoms with Crippen LogP contribution < -0.4 is 0 Å². The third kappa shape index (κ3) is 1.92. The van der Waals surface area contributed by atoms with Gasteiger partial charge in [0.25, 0.3) is 0 Å². The first-order valence-corrected chi connectivity index (χ1v) is 4.69. The van der Waals surface area contributed by atoms with Crippen molar-refractivity contribution >= 4 is 11.9 Å². The van der Waals surface area contributed by atoms with Crippen LogP contribution in [0.25, 0.3) is 0 Å². The van der Waals surface area contributed by atoms with Gasteiger partial charge in [0.05, 0.1) is 0 Å². The summed E-state index contributed by atoms with van der Waals surface area (Å²) >= 11 is 0. The van der Waals surface area contributed by atoms with Crippen molar-refractivity contribution in [2.75, 3.05) is 0 Å². The molecule has 0 radical (unpaired) electrons. The van der Waals surface area contributed by atoms with Gasteiger partial charge < -0.3 is 20.4 Å². The molecule has 1 aliphatic carbocycles. The van der Waals surface area contributed by atoms with E-state index < -0.39 is 46.3 Å². The van der Waals surface area contributed by atoms with Gasteiger partial charge >= 0.3 is 11.9 Å². The zero-order valence-corrected chi connectivity index (χ0v) is 9.39. The van der Waals surface area contributed by atoms with Crippen molar-refractivity contribution in [1.82, 2.24) is 0 Å². The fourth-order valence-electron chi connectivity index (χ4n) is 1.62. The maximum absolute atomic E-state index is 11.3. The molecule has 0 saturated carbocycles. The van der Waals surface area contributed by atoms with E-state index in [0.717, 1.165) is 6.92 Å². The normalized spacial score (nSPS) is 27.3. The van der Waals surface area contributed by atoms with Crippen LogP contribution in [0.5, 0.6) is 0 Å². The summed E-state index contributed by atoms with van der Waals surface area (Å²) in [5, 5.41) is 55.0. The number of rotatable bonds is 2. The third-order valence-electron chi connectivity index (χ3n) is 2.77. The highest BCUT2D eigenvalue weighted by Crippen LogP contribution is 2.37. The SMILES string of the molecule is CC1=C(O)C(O)=C(C(=O)OO)C(O)C1(O)C(=O)OO. The first-order valence-electron chi connectivity index (χ1n) is 4.69. The Labute approximate surface area is 104 Å². The summed E-state index contributed by atoms with van der Waals surface area (Å²) in [6.07, 6.45) is -2.46. The van der Waals surface area contributed by atoms with Crippen molar-refractivity contribution in [1.29, 1.82) is 0 Å². The van der Waals surface area contributed by atoms with Crippen molar-refractivity contribution in [3.63, 3.8) is 0 Å². The van der Waals surface area contributed by atoms with Gasteiger partial charge in [0.1, 0.15) is 11.7 Å². The Kier molecular flexibility index (Phi) is 3.81. The minimum Gasteiger partial charge on any atom is -0.504 e. The van der Waals surface area contributed by atoms with Gasteiger partial charge in [-0.2, -0.15) is 10.5 Å². The third-order valence-corrected chi connectivity index (χ3v) is 2.77. The molecule has 2 atom stereocenters. The smallest absolute Gasteiger partial charge is 0.380 e. The highest BCUT2D eigenvalue weighted by molar-refractivity contribution is 5.96. The van der Waals surface area contributed by atoms with Crippen LogP contribution in [0.4, 0.5) is 0 Å². The van der Waals surface area contributed by atoms with Crippen LogP contribution in [0.1, 0.15) is 6.92 Å². The van der Waals surface area contributed by atoms with E-state index in [-0.39, 0.29) is 0 Å². The van der Waals surface area contributed by atoms with Gasteiger partial charge in [0.15, 0.2) is 11.5 Å². The van der Waals surface area contributed by atoms with Crippen LogP contribution >= 0.6 is 0 Å². The lowest BCUT2D eigenvalue weighted by atomic mass is 9.79. The summed E-state index contributed by atoms with van der Waals surface area (Å²) in [6, 6.07) is 0. The molecule has 0 spiro atoms. The predicted octanol–water partition coefficient (Wildman–Crippen LogP) is -1.23. The molecule has 0 aromatic heterocycles. The number of carbonyl (C=O) groups excluding carboxylic acids is 2. The van der Waals surface area contributed by atoms with Gasteiger partial charge in [-0.05, 0) is 6.92 Å². The lowest BCUT2D eigenvalue weighted by molar-refractivity contribution is -0.255. The van der Waals surface area contributed by atoms with Crippen molar-refractivity contribution in [2.24, 2.45) is 0 Å². The van der Waals surface area contributed by atoms with Crippen LogP contribution in [0, 0.1) is 0 Å². The maximum atomic E-state index is 11.3. The van der Waals surface area contributed by atoms with E-state index in [4.69, 9.17) is 10.5 Å². The van der Waals surface area contributed by atoms with Gasteiger partial charge in [-0.15, -0.1) is 0 Å². The number of aliphatic hydroxyl groups is 4. The Hall–Kier alpha value is -2.14. The van der Waals surface area contributed by atoms with Crippen LogP contribution in [0.15, 0.2) is 22.7 Å². The zero-order valence-electron chi connectivity index (χ0n) is 9.39. The molecule has 0 aliphatic heterocycles. The summed E-state index contributed by atoms with van der Waals surface area (Å²) < 4.78 is 0. The average molecular weight is 278 g/mol. The van der Waals surface area contributed by atoms with Gasteiger partial charge in [-0.25, -0.2) is 9.59 Å². The standard InChI is InChI=1S/C9H10O10/c1-2-4(10)5(11)3(7(13)18-16)6(12)9(2,15)8(14)19-17/h6,10-12,15-17H,1H3. The molecule has 10 nitrogen and oxygen atoms in total. The summed E-state index contributed by atoms with van der Waals surface area (Å²) in [6.45, 7) is 0.923. The molecule has 10 heteroatoms. The van der Waals surface area contributed by atoms with Gasteiger partial charge in [-0.1, -0.05) is 0 Å². The van der Waals surface area contributed by atoms with E-state index in [0.29, 0.717) is 0 Å². The second kappa shape index (κ2) is 4.85. The fourth-order valence-corrected chi connectivity index (χ4v) is 1.62. The Morgan fingerprint density at radius 3 is 2.11 bits per heavy atom. The summed E-state index contributed by atoms with van der Waals surface area (Å²) in [7, 11) is 0. The van der Waals surface area contributed by atoms with Gasteiger partial charge in [0, 0.05) is 5.57 Å². The van der Waals surface area contributed by atoms with Crippen LogP contribution in [-0.2, 0) is 19.4 Å².